The van der Waals surface area contributed by atoms with E-state index in [9.17, 15) is 4.79 Å². The minimum Gasteiger partial charge on any atom is -0.450 e. The molecule has 5 heteroatoms. The zero-order chi connectivity index (χ0) is 12.7. The SMILES string of the molecule is CCOC(=O)Nc1ccccc1N=CN(C)C. The molecule has 5 nitrogen and oxygen atoms in total. The number of nitrogens with zero attached hydrogens (tertiary/aromatic N) is 2. The molecule has 0 atom stereocenters. The lowest BCUT2D eigenvalue weighted by Gasteiger charge is -2.08. The van der Waals surface area contributed by atoms with Crippen molar-refractivity contribution < 1.29 is 9.53 Å². The Morgan fingerprint density at radius 1 is 1.47 bits per heavy atom. The molecule has 0 spiro atoms. The van der Waals surface area contributed by atoms with Gasteiger partial charge in [0.25, 0.3) is 0 Å². The maximum absolute atomic E-state index is 11.3. The van der Waals surface area contributed by atoms with Gasteiger partial charge in [-0.1, -0.05) is 12.1 Å². The number of carbonyl (C=O) groups is 1. The monoisotopic (exact) mass is 235 g/mol. The molecule has 1 aromatic rings. The number of nitrogens with one attached hydrogen (secondary N) is 1. The van der Waals surface area contributed by atoms with Crippen LogP contribution >= 0.6 is 0 Å². The number of anilines is 1. The van der Waals surface area contributed by atoms with Crippen LogP contribution in [0.1, 0.15) is 6.92 Å². The quantitative estimate of drug-likeness (QED) is 0.644. The molecule has 0 aliphatic carbocycles. The molecule has 0 bridgehead atoms. The zero-order valence-corrected chi connectivity index (χ0v) is 10.3. The fourth-order valence-electron chi connectivity index (χ4n) is 1.15. The Morgan fingerprint density at radius 2 is 2.18 bits per heavy atom. The molecule has 0 aromatic heterocycles. The number of carbonyl (C=O) groups excluding carboxylic acids is 1. The first kappa shape index (κ1) is 13.0. The standard InChI is InChI=1S/C12H17N3O2/c1-4-17-12(16)14-11-8-6-5-7-10(11)13-9-15(2)3/h5-9H,4H2,1-3H3,(H,14,16). The van der Waals surface area contributed by atoms with Crippen LogP contribution in [0, 0.1) is 0 Å². The van der Waals surface area contributed by atoms with Gasteiger partial charge in [0.15, 0.2) is 0 Å². The summed E-state index contributed by atoms with van der Waals surface area (Å²) in [6.07, 6.45) is 1.20. The Morgan fingerprint density at radius 3 is 2.82 bits per heavy atom. The van der Waals surface area contributed by atoms with Gasteiger partial charge in [-0.3, -0.25) is 5.32 Å². The minimum absolute atomic E-state index is 0.342. The highest BCUT2D eigenvalue weighted by Crippen LogP contribution is 2.23. The van der Waals surface area contributed by atoms with Crippen LogP contribution in [0.3, 0.4) is 0 Å². The van der Waals surface area contributed by atoms with Gasteiger partial charge in [0.2, 0.25) is 0 Å². The van der Waals surface area contributed by atoms with Crippen molar-refractivity contribution in [3.8, 4) is 0 Å². The largest absolute Gasteiger partial charge is 0.450 e. The van der Waals surface area contributed by atoms with Gasteiger partial charge in [0.05, 0.1) is 24.3 Å². The third-order valence-electron chi connectivity index (χ3n) is 1.84. The molecule has 0 aliphatic rings. The first-order chi connectivity index (χ1) is 8.13. The zero-order valence-electron chi connectivity index (χ0n) is 10.3. The maximum atomic E-state index is 11.3. The molecule has 0 unspecified atom stereocenters. The number of ether oxygens (including phenoxy) is 1. The summed E-state index contributed by atoms with van der Waals surface area (Å²) < 4.78 is 4.81. The predicted octanol–water partition coefficient (Wildman–Crippen LogP) is 2.48. The van der Waals surface area contributed by atoms with Gasteiger partial charge in [-0.15, -0.1) is 0 Å². The second-order valence-corrected chi connectivity index (χ2v) is 3.57. The Kier molecular flexibility index (Phi) is 5.00. The van der Waals surface area contributed by atoms with E-state index in [1.165, 1.54) is 0 Å². The fourth-order valence-corrected chi connectivity index (χ4v) is 1.15. The molecule has 1 rings (SSSR count). The molecule has 0 aliphatic heterocycles. The summed E-state index contributed by atoms with van der Waals surface area (Å²) >= 11 is 0. The van der Waals surface area contributed by atoms with E-state index in [4.69, 9.17) is 4.74 Å². The number of benzene rings is 1. The molecule has 0 fully saturated rings. The number of rotatable bonds is 4. The summed E-state index contributed by atoms with van der Waals surface area (Å²) in [5.41, 5.74) is 1.32. The number of hydrogen-bond acceptors (Lipinski definition) is 3. The summed E-state index contributed by atoms with van der Waals surface area (Å²) in [6.45, 7) is 2.10. The third kappa shape index (κ3) is 4.55. The number of para-hydroxylation sites is 2. The summed E-state index contributed by atoms with van der Waals surface area (Å²) in [5, 5.41) is 2.64. The minimum atomic E-state index is -0.472. The Hall–Kier alpha value is -2.04. The highest BCUT2D eigenvalue weighted by Gasteiger charge is 2.05. The average molecular weight is 235 g/mol. The van der Waals surface area contributed by atoms with Gasteiger partial charge in [-0.25, -0.2) is 9.79 Å². The van der Waals surface area contributed by atoms with E-state index in [-0.39, 0.29) is 0 Å². The lowest BCUT2D eigenvalue weighted by Crippen LogP contribution is -2.13. The van der Waals surface area contributed by atoms with Gasteiger partial charge in [-0.2, -0.15) is 0 Å². The van der Waals surface area contributed by atoms with E-state index >= 15 is 0 Å². The number of amides is 1. The van der Waals surface area contributed by atoms with Crippen LogP contribution in [0.15, 0.2) is 29.3 Å². The predicted molar refractivity (Wildman–Crippen MR) is 68.9 cm³/mol. The van der Waals surface area contributed by atoms with E-state index in [0.29, 0.717) is 18.0 Å². The van der Waals surface area contributed by atoms with E-state index in [1.807, 2.05) is 37.2 Å². The molecule has 1 amide bonds. The van der Waals surface area contributed by atoms with Crippen LogP contribution in [0.2, 0.25) is 0 Å². The number of aliphatic imine (C=N–C) groups is 1. The van der Waals surface area contributed by atoms with Gasteiger partial charge in [0.1, 0.15) is 0 Å². The van der Waals surface area contributed by atoms with Crippen molar-refractivity contribution in [3.05, 3.63) is 24.3 Å². The van der Waals surface area contributed by atoms with Crippen molar-refractivity contribution in [3.63, 3.8) is 0 Å². The highest BCUT2D eigenvalue weighted by molar-refractivity contribution is 5.89. The van der Waals surface area contributed by atoms with E-state index in [0.717, 1.165) is 0 Å². The van der Waals surface area contributed by atoms with E-state index in [2.05, 4.69) is 10.3 Å². The Bertz CT molecular complexity index is 402. The van der Waals surface area contributed by atoms with Crippen LogP contribution < -0.4 is 5.32 Å². The van der Waals surface area contributed by atoms with Crippen LogP contribution in [-0.2, 0) is 4.74 Å². The van der Waals surface area contributed by atoms with Crippen molar-refractivity contribution in [2.45, 2.75) is 6.92 Å². The fraction of sp³-hybridized carbons (Fsp3) is 0.333. The first-order valence-corrected chi connectivity index (χ1v) is 5.37. The smallest absolute Gasteiger partial charge is 0.411 e. The van der Waals surface area contributed by atoms with Gasteiger partial charge in [-0.05, 0) is 19.1 Å². The molecular formula is C12H17N3O2. The highest BCUT2D eigenvalue weighted by atomic mass is 16.5. The summed E-state index contributed by atoms with van der Waals surface area (Å²) in [7, 11) is 3.76. The average Bonchev–Trinajstić information content (AvgIpc) is 2.28. The summed E-state index contributed by atoms with van der Waals surface area (Å²) in [6, 6.07) is 7.29. The normalized spacial score (nSPS) is 10.3. The molecule has 0 radical (unpaired) electrons. The van der Waals surface area contributed by atoms with Gasteiger partial charge >= 0.3 is 6.09 Å². The molecular weight excluding hydrogens is 218 g/mol. The van der Waals surface area contributed by atoms with Crippen molar-refractivity contribution in [2.24, 2.45) is 4.99 Å². The second-order valence-electron chi connectivity index (χ2n) is 3.57. The van der Waals surface area contributed by atoms with Crippen molar-refractivity contribution >= 4 is 23.8 Å². The van der Waals surface area contributed by atoms with Crippen LogP contribution in [0.25, 0.3) is 0 Å². The number of hydrogen-bond donors (Lipinski definition) is 1. The lowest BCUT2D eigenvalue weighted by molar-refractivity contribution is 0.168. The van der Waals surface area contributed by atoms with Gasteiger partial charge < -0.3 is 9.64 Å². The molecule has 0 saturated carbocycles. The second kappa shape index (κ2) is 6.52. The van der Waals surface area contributed by atoms with Crippen LogP contribution in [0.5, 0.6) is 0 Å². The van der Waals surface area contributed by atoms with Crippen molar-refractivity contribution in [1.82, 2.24) is 4.90 Å². The van der Waals surface area contributed by atoms with Gasteiger partial charge in [0, 0.05) is 14.1 Å². The topological polar surface area (TPSA) is 53.9 Å². The van der Waals surface area contributed by atoms with Crippen LogP contribution in [0.4, 0.5) is 16.2 Å². The Labute approximate surface area is 101 Å². The molecule has 17 heavy (non-hydrogen) atoms. The molecule has 0 saturated heterocycles. The van der Waals surface area contributed by atoms with E-state index in [1.54, 1.807) is 19.3 Å². The van der Waals surface area contributed by atoms with Crippen molar-refractivity contribution in [2.75, 3.05) is 26.0 Å². The summed E-state index contributed by atoms with van der Waals surface area (Å²) in [5.74, 6) is 0. The molecule has 0 heterocycles. The summed E-state index contributed by atoms with van der Waals surface area (Å²) in [4.78, 5) is 17.4. The molecule has 1 aromatic carbocycles. The Balaban J connectivity index is 2.81. The third-order valence-corrected chi connectivity index (χ3v) is 1.84. The molecule has 1 N–H and O–H groups in total. The first-order valence-electron chi connectivity index (χ1n) is 5.37. The van der Waals surface area contributed by atoms with Crippen molar-refractivity contribution in [1.29, 1.82) is 0 Å². The molecule has 92 valence electrons. The van der Waals surface area contributed by atoms with Crippen LogP contribution in [-0.4, -0.2) is 38.0 Å². The van der Waals surface area contributed by atoms with E-state index < -0.39 is 6.09 Å². The lowest BCUT2D eigenvalue weighted by atomic mass is 10.3. The maximum Gasteiger partial charge on any atom is 0.411 e.